The molecule has 162 valence electrons. The first kappa shape index (κ1) is 21.4. The van der Waals surface area contributed by atoms with E-state index < -0.39 is 12.0 Å². The van der Waals surface area contributed by atoms with Gasteiger partial charge < -0.3 is 15.0 Å². The molecule has 0 spiro atoms. The molecule has 1 aromatic heterocycles. The highest BCUT2D eigenvalue weighted by Gasteiger charge is 2.27. The molecule has 31 heavy (non-hydrogen) atoms. The van der Waals surface area contributed by atoms with Crippen molar-refractivity contribution in [1.82, 2.24) is 15.2 Å². The molecule has 1 aliphatic carbocycles. The van der Waals surface area contributed by atoms with Gasteiger partial charge in [-0.05, 0) is 67.5 Å². The Kier molecular flexibility index (Phi) is 6.28. The quantitative estimate of drug-likeness (QED) is 0.718. The lowest BCUT2D eigenvalue weighted by Crippen LogP contribution is -2.48. The topological polar surface area (TPSA) is 71.5 Å². The first-order valence-corrected chi connectivity index (χ1v) is 10.9. The molecular weight excluding hydrogens is 414 g/mol. The summed E-state index contributed by atoms with van der Waals surface area (Å²) in [5.74, 6) is -0.454. The van der Waals surface area contributed by atoms with Gasteiger partial charge in [-0.2, -0.15) is 0 Å². The fraction of sp³-hybridized carbons (Fsp3) is 0.375. The van der Waals surface area contributed by atoms with E-state index in [9.17, 15) is 9.59 Å². The van der Waals surface area contributed by atoms with E-state index in [0.717, 1.165) is 36.4 Å². The number of nitrogens with one attached hydrogen (secondary N) is 1. The summed E-state index contributed by atoms with van der Waals surface area (Å²) in [5.41, 5.74) is 7.19. The van der Waals surface area contributed by atoms with Crippen LogP contribution < -0.4 is 5.32 Å². The summed E-state index contributed by atoms with van der Waals surface area (Å²) >= 11 is 6.29. The van der Waals surface area contributed by atoms with E-state index in [4.69, 9.17) is 16.6 Å². The molecule has 1 aliphatic heterocycles. The highest BCUT2D eigenvalue weighted by molar-refractivity contribution is 6.30. The number of hydrogen-bond acceptors (Lipinski definition) is 4. The predicted octanol–water partition coefficient (Wildman–Crippen LogP) is 4.00. The number of piperidine rings is 1. The van der Waals surface area contributed by atoms with Gasteiger partial charge in [-0.25, -0.2) is 9.59 Å². The first-order valence-electron chi connectivity index (χ1n) is 10.6. The molecule has 2 heterocycles. The maximum atomic E-state index is 12.6. The third kappa shape index (κ3) is 4.44. The number of rotatable bonds is 2. The minimum Gasteiger partial charge on any atom is -0.467 e. The molecule has 2 aromatic rings. The van der Waals surface area contributed by atoms with E-state index in [2.05, 4.69) is 28.3 Å². The van der Waals surface area contributed by atoms with E-state index in [1.165, 1.54) is 34.9 Å². The Morgan fingerprint density at radius 3 is 2.61 bits per heavy atom. The molecule has 1 aromatic carbocycles. The minimum atomic E-state index is -0.674. The third-order valence-electron chi connectivity index (χ3n) is 6.03. The molecule has 1 unspecified atom stereocenters. The number of methoxy groups -OCH3 is 1. The van der Waals surface area contributed by atoms with Gasteiger partial charge in [-0.3, -0.25) is 4.98 Å². The number of urea groups is 1. The molecule has 2 amide bonds. The van der Waals surface area contributed by atoms with Gasteiger partial charge in [0.1, 0.15) is 6.04 Å². The molecule has 1 fully saturated rings. The number of carbonyl (C=O) groups excluding carboxylic acids is 2. The van der Waals surface area contributed by atoms with E-state index in [1.54, 1.807) is 11.8 Å². The van der Waals surface area contributed by atoms with Crippen LogP contribution in [0.15, 0.2) is 42.1 Å². The maximum Gasteiger partial charge on any atom is 0.328 e. The second-order valence-corrected chi connectivity index (χ2v) is 8.41. The predicted molar refractivity (Wildman–Crippen MR) is 120 cm³/mol. The molecule has 0 saturated carbocycles. The highest BCUT2D eigenvalue weighted by atomic mass is 35.5. The Labute approximate surface area is 187 Å². The Morgan fingerprint density at radius 1 is 1.13 bits per heavy atom. The summed E-state index contributed by atoms with van der Waals surface area (Å²) in [7, 11) is 1.31. The fourth-order valence-electron chi connectivity index (χ4n) is 4.38. The number of ether oxygens (including phenoxy) is 1. The average Bonchev–Trinajstić information content (AvgIpc) is 2.95. The van der Waals surface area contributed by atoms with Crippen molar-refractivity contribution >= 4 is 29.2 Å². The van der Waals surface area contributed by atoms with Gasteiger partial charge in [0.2, 0.25) is 0 Å². The number of carbonyl (C=O) groups is 2. The van der Waals surface area contributed by atoms with Gasteiger partial charge in [0.15, 0.2) is 0 Å². The van der Waals surface area contributed by atoms with E-state index in [0.29, 0.717) is 13.1 Å². The molecule has 4 rings (SSSR count). The molecule has 1 atom stereocenters. The van der Waals surface area contributed by atoms with Crippen LogP contribution >= 0.6 is 11.6 Å². The third-order valence-corrected chi connectivity index (χ3v) is 6.27. The normalized spacial score (nSPS) is 16.7. The van der Waals surface area contributed by atoms with Crippen molar-refractivity contribution in [2.45, 2.75) is 38.6 Å². The fourth-order valence-corrected chi connectivity index (χ4v) is 4.57. The van der Waals surface area contributed by atoms with Crippen LogP contribution in [-0.2, 0) is 22.4 Å². The summed E-state index contributed by atoms with van der Waals surface area (Å²) in [5, 5.41) is 3.46. The Morgan fingerprint density at radius 2 is 1.87 bits per heavy atom. The lowest BCUT2D eigenvalue weighted by Gasteiger charge is -2.31. The van der Waals surface area contributed by atoms with Crippen LogP contribution in [0.3, 0.4) is 0 Å². The van der Waals surface area contributed by atoms with Gasteiger partial charge in [-0.15, -0.1) is 0 Å². The van der Waals surface area contributed by atoms with Crippen LogP contribution in [0.4, 0.5) is 4.79 Å². The molecule has 7 heteroatoms. The van der Waals surface area contributed by atoms with Gasteiger partial charge in [-0.1, -0.05) is 29.3 Å². The van der Waals surface area contributed by atoms with Gasteiger partial charge >= 0.3 is 12.0 Å². The Balaban J connectivity index is 1.62. The molecule has 0 bridgehead atoms. The second-order valence-electron chi connectivity index (χ2n) is 7.97. The second kappa shape index (κ2) is 9.10. The number of fused-ring (bicyclic) bond motifs is 2. The Bertz CT molecular complexity index is 1040. The first-order chi connectivity index (χ1) is 15.0. The summed E-state index contributed by atoms with van der Waals surface area (Å²) in [6.45, 7) is 2.80. The van der Waals surface area contributed by atoms with E-state index in [1.807, 2.05) is 18.3 Å². The summed E-state index contributed by atoms with van der Waals surface area (Å²) in [4.78, 5) is 30.7. The van der Waals surface area contributed by atoms with E-state index >= 15 is 0 Å². The molecule has 0 radical (unpaired) electrons. The number of likely N-dealkylation sites (tertiary alicyclic amines) is 1. The zero-order chi connectivity index (χ0) is 22.0. The number of esters is 1. The van der Waals surface area contributed by atoms with Crippen molar-refractivity contribution in [2.24, 2.45) is 0 Å². The van der Waals surface area contributed by atoms with Crippen molar-refractivity contribution < 1.29 is 14.3 Å². The average molecular weight is 440 g/mol. The lowest BCUT2D eigenvalue weighted by atomic mass is 9.88. The number of benzene rings is 1. The number of halogens is 1. The summed E-state index contributed by atoms with van der Waals surface area (Å²) in [6.07, 6.45) is 5.20. The number of aromatic nitrogens is 1. The van der Waals surface area contributed by atoms with Gasteiger partial charge in [0.05, 0.1) is 12.8 Å². The number of pyridine rings is 1. The van der Waals surface area contributed by atoms with Gasteiger partial charge in [0.25, 0.3) is 0 Å². The van der Waals surface area contributed by atoms with Crippen molar-refractivity contribution in [3.8, 4) is 0 Å². The SMILES string of the molecule is COC(=O)C(C)NC(=O)N1CCC(=C2c3ccc(Cl)cc3CCc3cccnc32)CC1. The largest absolute Gasteiger partial charge is 0.467 e. The minimum absolute atomic E-state index is 0.242. The molecule has 6 nitrogen and oxygen atoms in total. The highest BCUT2D eigenvalue weighted by Crippen LogP contribution is 2.38. The number of hydrogen-bond donors (Lipinski definition) is 1. The van der Waals surface area contributed by atoms with Crippen LogP contribution in [0.1, 0.15) is 42.1 Å². The van der Waals surface area contributed by atoms with Crippen molar-refractivity contribution in [3.05, 3.63) is 69.5 Å². The van der Waals surface area contributed by atoms with Crippen LogP contribution in [0.5, 0.6) is 0 Å². The zero-order valence-electron chi connectivity index (χ0n) is 17.8. The summed E-state index contributed by atoms with van der Waals surface area (Å²) < 4.78 is 4.69. The number of amides is 2. The Hall–Kier alpha value is -2.86. The summed E-state index contributed by atoms with van der Waals surface area (Å²) in [6, 6.07) is 9.31. The lowest BCUT2D eigenvalue weighted by molar-refractivity contribution is -0.142. The van der Waals surface area contributed by atoms with Crippen LogP contribution in [0.25, 0.3) is 5.57 Å². The monoisotopic (exact) mass is 439 g/mol. The zero-order valence-corrected chi connectivity index (χ0v) is 18.5. The van der Waals surface area contributed by atoms with Crippen molar-refractivity contribution in [2.75, 3.05) is 20.2 Å². The van der Waals surface area contributed by atoms with Gasteiger partial charge in [0, 0.05) is 29.9 Å². The van der Waals surface area contributed by atoms with Crippen LogP contribution in [0.2, 0.25) is 5.02 Å². The molecular formula is C24H26ClN3O3. The maximum absolute atomic E-state index is 12.6. The smallest absolute Gasteiger partial charge is 0.328 e. The van der Waals surface area contributed by atoms with Crippen molar-refractivity contribution in [1.29, 1.82) is 0 Å². The van der Waals surface area contributed by atoms with E-state index in [-0.39, 0.29) is 6.03 Å². The number of aryl methyl sites for hydroxylation is 2. The molecule has 1 saturated heterocycles. The standard InChI is InChI=1S/C24H26ClN3O3/c1-15(23(29)31-2)27-24(30)28-12-9-16(10-13-28)21-20-8-7-19(25)14-18(20)6-5-17-4-3-11-26-22(17)21/h3-4,7-8,11,14-15H,5-6,9-10,12-13H2,1-2H3,(H,27,30). The van der Waals surface area contributed by atoms with Crippen molar-refractivity contribution in [3.63, 3.8) is 0 Å². The molecule has 2 aliphatic rings. The molecule has 1 N–H and O–H groups in total. The van der Waals surface area contributed by atoms with Crippen LogP contribution in [-0.4, -0.2) is 48.1 Å². The van der Waals surface area contributed by atoms with Crippen LogP contribution in [0, 0.1) is 0 Å². The number of nitrogens with zero attached hydrogens (tertiary/aromatic N) is 2.